The van der Waals surface area contributed by atoms with Crippen molar-refractivity contribution in [2.24, 2.45) is 0 Å². The van der Waals surface area contributed by atoms with Crippen LogP contribution in [0.2, 0.25) is 0 Å². The van der Waals surface area contributed by atoms with Crippen LogP contribution in [0, 0.1) is 5.21 Å². The number of hydroxylamine groups is 1. The SMILES string of the molecule is CC(=O)O.CC1(C)CCC=[N+]1[O-]. The first-order valence-electron chi connectivity index (χ1n) is 3.85. The standard InChI is InChI=1S/C6H11NO.C2H4O2/c1-6(2)4-3-5-7(6)8;1-2(3)4/h5H,3-4H2,1-2H3;1H3,(H,3,4). The molecule has 0 bridgehead atoms. The Balaban J connectivity index is 0.000000261. The summed E-state index contributed by atoms with van der Waals surface area (Å²) >= 11 is 0. The van der Waals surface area contributed by atoms with E-state index in [1.165, 1.54) is 0 Å². The van der Waals surface area contributed by atoms with E-state index in [1.807, 2.05) is 13.8 Å². The summed E-state index contributed by atoms with van der Waals surface area (Å²) in [5.74, 6) is -0.833. The first-order chi connectivity index (χ1) is 5.36. The molecule has 0 spiro atoms. The van der Waals surface area contributed by atoms with E-state index in [4.69, 9.17) is 9.90 Å². The second-order valence-corrected chi connectivity index (χ2v) is 3.38. The maximum Gasteiger partial charge on any atom is 0.300 e. The second-order valence-electron chi connectivity index (χ2n) is 3.38. The highest BCUT2D eigenvalue weighted by atomic mass is 16.5. The maximum absolute atomic E-state index is 10.8. The van der Waals surface area contributed by atoms with E-state index in [0.717, 1.165) is 24.5 Å². The number of rotatable bonds is 0. The monoisotopic (exact) mass is 173 g/mol. The molecule has 0 aliphatic carbocycles. The van der Waals surface area contributed by atoms with Crippen LogP contribution >= 0.6 is 0 Å². The lowest BCUT2D eigenvalue weighted by Gasteiger charge is -2.16. The molecule has 0 radical (unpaired) electrons. The van der Waals surface area contributed by atoms with E-state index in [0.29, 0.717) is 0 Å². The van der Waals surface area contributed by atoms with Gasteiger partial charge in [0.2, 0.25) is 0 Å². The van der Waals surface area contributed by atoms with Crippen molar-refractivity contribution in [3.8, 4) is 0 Å². The van der Waals surface area contributed by atoms with Crippen LogP contribution in [0.4, 0.5) is 0 Å². The van der Waals surface area contributed by atoms with Gasteiger partial charge in [0, 0.05) is 33.6 Å². The Labute approximate surface area is 72.1 Å². The van der Waals surface area contributed by atoms with Crippen molar-refractivity contribution in [2.75, 3.05) is 0 Å². The lowest BCUT2D eigenvalue weighted by Crippen LogP contribution is -2.27. The highest BCUT2D eigenvalue weighted by Gasteiger charge is 2.29. The minimum absolute atomic E-state index is 0.125. The van der Waals surface area contributed by atoms with Crippen molar-refractivity contribution in [3.63, 3.8) is 0 Å². The summed E-state index contributed by atoms with van der Waals surface area (Å²) in [6, 6.07) is 0. The van der Waals surface area contributed by atoms with Crippen molar-refractivity contribution in [3.05, 3.63) is 5.21 Å². The van der Waals surface area contributed by atoms with Crippen molar-refractivity contribution in [1.82, 2.24) is 0 Å². The van der Waals surface area contributed by atoms with E-state index in [-0.39, 0.29) is 5.54 Å². The molecule has 0 amide bonds. The van der Waals surface area contributed by atoms with E-state index in [1.54, 1.807) is 6.21 Å². The molecule has 0 fully saturated rings. The highest BCUT2D eigenvalue weighted by molar-refractivity contribution is 5.62. The van der Waals surface area contributed by atoms with Crippen molar-refractivity contribution >= 4 is 12.2 Å². The van der Waals surface area contributed by atoms with Gasteiger partial charge in [0.05, 0.1) is 0 Å². The zero-order chi connectivity index (χ0) is 9.78. The zero-order valence-electron chi connectivity index (χ0n) is 7.70. The largest absolute Gasteiger partial charge is 0.624 e. The fourth-order valence-electron chi connectivity index (χ4n) is 0.892. The van der Waals surface area contributed by atoms with Crippen LogP contribution in [0.15, 0.2) is 0 Å². The van der Waals surface area contributed by atoms with Crippen LogP contribution in [0.3, 0.4) is 0 Å². The normalized spacial score (nSPS) is 19.1. The molecule has 0 saturated carbocycles. The van der Waals surface area contributed by atoms with Gasteiger partial charge in [-0.05, 0) is 0 Å². The molecular weight excluding hydrogens is 158 g/mol. The Morgan fingerprint density at radius 2 is 2.08 bits per heavy atom. The summed E-state index contributed by atoms with van der Waals surface area (Å²) in [7, 11) is 0. The Morgan fingerprint density at radius 3 is 2.17 bits per heavy atom. The zero-order valence-corrected chi connectivity index (χ0v) is 7.70. The Bertz CT molecular complexity index is 192. The number of carboxylic acid groups (broad SMARTS) is 1. The average Bonchev–Trinajstić information content (AvgIpc) is 2.10. The van der Waals surface area contributed by atoms with Gasteiger partial charge in [0.1, 0.15) is 0 Å². The topological polar surface area (TPSA) is 63.4 Å². The number of hydrogen-bond acceptors (Lipinski definition) is 2. The fraction of sp³-hybridized carbons (Fsp3) is 0.750. The van der Waals surface area contributed by atoms with Crippen molar-refractivity contribution in [2.45, 2.75) is 39.2 Å². The third-order valence-electron chi connectivity index (χ3n) is 1.65. The summed E-state index contributed by atoms with van der Waals surface area (Å²) in [5.41, 5.74) is -0.125. The summed E-state index contributed by atoms with van der Waals surface area (Å²) in [5, 5.41) is 18.2. The predicted octanol–water partition coefficient (Wildman–Crippen LogP) is 1.23. The van der Waals surface area contributed by atoms with E-state index in [2.05, 4.69) is 0 Å². The fourth-order valence-corrected chi connectivity index (χ4v) is 0.892. The van der Waals surface area contributed by atoms with Gasteiger partial charge in [-0.3, -0.25) is 4.79 Å². The van der Waals surface area contributed by atoms with Crippen LogP contribution in [0.5, 0.6) is 0 Å². The van der Waals surface area contributed by atoms with Gasteiger partial charge in [-0.25, -0.2) is 4.74 Å². The van der Waals surface area contributed by atoms with Crippen molar-refractivity contribution in [1.29, 1.82) is 0 Å². The Hall–Kier alpha value is -1.06. The minimum atomic E-state index is -0.833. The van der Waals surface area contributed by atoms with Crippen molar-refractivity contribution < 1.29 is 14.6 Å². The molecule has 70 valence electrons. The highest BCUT2D eigenvalue weighted by Crippen LogP contribution is 2.19. The lowest BCUT2D eigenvalue weighted by molar-refractivity contribution is -0.527. The first kappa shape index (κ1) is 10.9. The van der Waals surface area contributed by atoms with Gasteiger partial charge >= 0.3 is 0 Å². The number of carboxylic acids is 1. The van der Waals surface area contributed by atoms with Gasteiger partial charge in [-0.1, -0.05) is 0 Å². The van der Waals surface area contributed by atoms with Crippen LogP contribution in [-0.4, -0.2) is 27.6 Å². The lowest BCUT2D eigenvalue weighted by atomic mass is 10.0. The van der Waals surface area contributed by atoms with E-state index in [9.17, 15) is 5.21 Å². The molecule has 0 aromatic heterocycles. The number of hydrogen-bond donors (Lipinski definition) is 1. The predicted molar refractivity (Wildman–Crippen MR) is 46.3 cm³/mol. The molecule has 0 saturated heterocycles. The molecule has 0 aromatic rings. The smallest absolute Gasteiger partial charge is 0.300 e. The molecule has 1 aliphatic rings. The average molecular weight is 173 g/mol. The third kappa shape index (κ3) is 3.95. The molecule has 1 aliphatic heterocycles. The van der Waals surface area contributed by atoms with Gasteiger partial charge in [0.25, 0.3) is 5.97 Å². The van der Waals surface area contributed by atoms with Crippen LogP contribution < -0.4 is 0 Å². The minimum Gasteiger partial charge on any atom is -0.624 e. The maximum atomic E-state index is 10.8. The molecule has 0 aromatic carbocycles. The molecule has 4 heteroatoms. The quantitative estimate of drug-likeness (QED) is 0.442. The number of nitrogens with zero attached hydrogens (tertiary/aromatic N) is 1. The summed E-state index contributed by atoms with van der Waals surface area (Å²) in [4.78, 5) is 9.00. The first-order valence-corrected chi connectivity index (χ1v) is 3.85. The Morgan fingerprint density at radius 1 is 1.67 bits per heavy atom. The molecule has 0 atom stereocenters. The summed E-state index contributed by atoms with van der Waals surface area (Å²) < 4.78 is 1.05. The molecule has 1 N–H and O–H groups in total. The van der Waals surface area contributed by atoms with Crippen LogP contribution in [0.25, 0.3) is 0 Å². The van der Waals surface area contributed by atoms with Gasteiger partial charge < -0.3 is 10.3 Å². The van der Waals surface area contributed by atoms with Crippen LogP contribution in [-0.2, 0) is 4.79 Å². The molecule has 4 nitrogen and oxygen atoms in total. The number of aliphatic carboxylic acids is 1. The number of carbonyl (C=O) groups is 1. The molecule has 1 rings (SSSR count). The van der Waals surface area contributed by atoms with Crippen LogP contribution in [0.1, 0.15) is 33.6 Å². The molecule has 12 heavy (non-hydrogen) atoms. The molecule has 1 heterocycles. The van der Waals surface area contributed by atoms with Gasteiger partial charge in [-0.15, -0.1) is 0 Å². The third-order valence-corrected chi connectivity index (χ3v) is 1.65. The molecule has 0 unspecified atom stereocenters. The van der Waals surface area contributed by atoms with E-state index < -0.39 is 5.97 Å². The Kier molecular flexibility index (Phi) is 3.73. The summed E-state index contributed by atoms with van der Waals surface area (Å²) in [6.07, 6.45) is 3.65. The van der Waals surface area contributed by atoms with E-state index >= 15 is 0 Å². The van der Waals surface area contributed by atoms with Gasteiger partial charge in [-0.2, -0.15) is 0 Å². The second kappa shape index (κ2) is 4.09. The molecular formula is C8H15NO3. The summed E-state index contributed by atoms with van der Waals surface area (Å²) in [6.45, 7) is 5.01. The van der Waals surface area contributed by atoms with Gasteiger partial charge in [0.15, 0.2) is 11.8 Å².